The number of hydrogen-bond acceptors (Lipinski definition) is 7. The van der Waals surface area contributed by atoms with E-state index in [4.69, 9.17) is 12.2 Å². The van der Waals surface area contributed by atoms with Crippen LogP contribution in [0.2, 0.25) is 0 Å². The van der Waals surface area contributed by atoms with E-state index >= 15 is 0 Å². The van der Waals surface area contributed by atoms with Crippen molar-refractivity contribution >= 4 is 51.7 Å². The fraction of sp³-hybridized carbons (Fsp3) is 0.217. The SMILES string of the molecule is Cc1ccc(CN2C(=O)C(=Cc3c(NCCO)nc4ccc(C)cn4c3=O)SC2=S)cc1. The Morgan fingerprint density at radius 3 is 2.56 bits per heavy atom. The molecular formula is C23H22N4O3S2. The maximum Gasteiger partial charge on any atom is 0.267 e. The summed E-state index contributed by atoms with van der Waals surface area (Å²) < 4.78 is 1.90. The van der Waals surface area contributed by atoms with Crippen LogP contribution in [0.15, 0.2) is 52.3 Å². The molecule has 1 aromatic carbocycles. The summed E-state index contributed by atoms with van der Waals surface area (Å²) in [5.74, 6) is 0.0686. The highest BCUT2D eigenvalue weighted by Crippen LogP contribution is 2.34. The number of nitrogens with one attached hydrogen (secondary N) is 1. The van der Waals surface area contributed by atoms with Crippen LogP contribution in [-0.2, 0) is 11.3 Å². The Morgan fingerprint density at radius 2 is 1.84 bits per heavy atom. The van der Waals surface area contributed by atoms with E-state index in [0.717, 1.165) is 28.5 Å². The Labute approximate surface area is 194 Å². The molecule has 0 radical (unpaired) electrons. The summed E-state index contributed by atoms with van der Waals surface area (Å²) in [4.78, 5) is 32.8. The molecule has 1 amide bonds. The summed E-state index contributed by atoms with van der Waals surface area (Å²) in [6, 6.07) is 11.5. The van der Waals surface area contributed by atoms with Crippen LogP contribution in [0, 0.1) is 13.8 Å². The van der Waals surface area contributed by atoms with Crippen LogP contribution >= 0.6 is 24.0 Å². The number of aliphatic hydroxyl groups excluding tert-OH is 1. The third kappa shape index (κ3) is 4.45. The molecule has 0 saturated carbocycles. The zero-order valence-corrected chi connectivity index (χ0v) is 19.3. The summed E-state index contributed by atoms with van der Waals surface area (Å²) in [6.45, 7) is 4.37. The molecule has 2 aromatic heterocycles. The summed E-state index contributed by atoms with van der Waals surface area (Å²) in [7, 11) is 0. The van der Waals surface area contributed by atoms with Gasteiger partial charge in [-0.1, -0.05) is 59.9 Å². The number of aromatic nitrogens is 2. The van der Waals surface area contributed by atoms with E-state index in [1.54, 1.807) is 12.3 Å². The second-order valence-corrected chi connectivity index (χ2v) is 9.19. The van der Waals surface area contributed by atoms with Crippen LogP contribution in [0.25, 0.3) is 11.7 Å². The highest BCUT2D eigenvalue weighted by atomic mass is 32.2. The van der Waals surface area contributed by atoms with Crippen LogP contribution in [0.3, 0.4) is 0 Å². The van der Waals surface area contributed by atoms with Gasteiger partial charge in [0.1, 0.15) is 15.8 Å². The number of fused-ring (bicyclic) bond motifs is 1. The van der Waals surface area contributed by atoms with Crippen molar-refractivity contribution in [2.24, 2.45) is 0 Å². The number of carbonyl (C=O) groups is 1. The molecule has 0 atom stereocenters. The number of nitrogens with zero attached hydrogens (tertiary/aromatic N) is 3. The molecule has 1 aliphatic rings. The van der Waals surface area contributed by atoms with Gasteiger partial charge in [0.2, 0.25) is 0 Å². The van der Waals surface area contributed by atoms with Gasteiger partial charge in [-0.15, -0.1) is 0 Å². The predicted molar refractivity (Wildman–Crippen MR) is 132 cm³/mol. The van der Waals surface area contributed by atoms with E-state index in [2.05, 4.69) is 10.3 Å². The Kier molecular flexibility index (Phi) is 6.40. The van der Waals surface area contributed by atoms with Gasteiger partial charge in [-0.3, -0.25) is 18.9 Å². The number of rotatable bonds is 6. The van der Waals surface area contributed by atoms with Crippen molar-refractivity contribution in [3.63, 3.8) is 0 Å². The Bertz CT molecular complexity index is 1300. The number of amides is 1. The van der Waals surface area contributed by atoms with Crippen molar-refractivity contribution in [3.05, 3.63) is 80.1 Å². The molecule has 9 heteroatoms. The third-order valence-corrected chi connectivity index (χ3v) is 6.40. The highest BCUT2D eigenvalue weighted by molar-refractivity contribution is 8.26. The first-order valence-electron chi connectivity index (χ1n) is 10.1. The molecule has 1 saturated heterocycles. The molecule has 0 bridgehead atoms. The van der Waals surface area contributed by atoms with Gasteiger partial charge in [-0.05, 0) is 37.1 Å². The van der Waals surface area contributed by atoms with Crippen LogP contribution in [0.1, 0.15) is 22.3 Å². The van der Waals surface area contributed by atoms with E-state index in [0.29, 0.717) is 27.2 Å². The van der Waals surface area contributed by atoms with E-state index in [1.165, 1.54) is 15.4 Å². The van der Waals surface area contributed by atoms with Crippen LogP contribution < -0.4 is 10.9 Å². The van der Waals surface area contributed by atoms with Crippen LogP contribution in [-0.4, -0.2) is 42.8 Å². The lowest BCUT2D eigenvalue weighted by atomic mass is 10.1. The van der Waals surface area contributed by atoms with Gasteiger partial charge in [-0.2, -0.15) is 0 Å². The number of aryl methyl sites for hydroxylation is 2. The molecule has 7 nitrogen and oxygen atoms in total. The summed E-state index contributed by atoms with van der Waals surface area (Å²) in [6.07, 6.45) is 3.25. The first-order valence-corrected chi connectivity index (χ1v) is 11.3. The lowest BCUT2D eigenvalue weighted by Gasteiger charge is -2.14. The minimum Gasteiger partial charge on any atom is -0.395 e. The van der Waals surface area contributed by atoms with Gasteiger partial charge < -0.3 is 10.4 Å². The summed E-state index contributed by atoms with van der Waals surface area (Å²) in [5.41, 5.74) is 3.45. The van der Waals surface area contributed by atoms with Crippen molar-refractivity contribution in [1.82, 2.24) is 14.3 Å². The summed E-state index contributed by atoms with van der Waals surface area (Å²) >= 11 is 6.61. The van der Waals surface area contributed by atoms with Crippen molar-refractivity contribution in [1.29, 1.82) is 0 Å². The molecule has 0 unspecified atom stereocenters. The number of aliphatic hydroxyl groups is 1. The lowest BCUT2D eigenvalue weighted by Crippen LogP contribution is -2.27. The normalized spacial score (nSPS) is 15.2. The van der Waals surface area contributed by atoms with E-state index in [9.17, 15) is 14.7 Å². The van der Waals surface area contributed by atoms with Crippen LogP contribution in [0.4, 0.5) is 5.82 Å². The topological polar surface area (TPSA) is 86.9 Å². The van der Waals surface area contributed by atoms with Crippen molar-refractivity contribution < 1.29 is 9.90 Å². The maximum absolute atomic E-state index is 13.3. The van der Waals surface area contributed by atoms with Gasteiger partial charge in [0, 0.05) is 12.7 Å². The Balaban J connectivity index is 1.73. The molecular weight excluding hydrogens is 444 g/mol. The molecule has 1 fully saturated rings. The average Bonchev–Trinajstić information content (AvgIpc) is 3.03. The van der Waals surface area contributed by atoms with E-state index < -0.39 is 0 Å². The van der Waals surface area contributed by atoms with Gasteiger partial charge >= 0.3 is 0 Å². The molecule has 0 aliphatic carbocycles. The van der Waals surface area contributed by atoms with E-state index in [1.807, 2.05) is 44.2 Å². The van der Waals surface area contributed by atoms with E-state index in [-0.39, 0.29) is 30.2 Å². The van der Waals surface area contributed by atoms with Gasteiger partial charge in [-0.25, -0.2) is 4.98 Å². The molecule has 1 aliphatic heterocycles. The molecule has 32 heavy (non-hydrogen) atoms. The molecule has 4 rings (SSSR count). The maximum atomic E-state index is 13.3. The molecule has 164 valence electrons. The fourth-order valence-corrected chi connectivity index (χ4v) is 4.58. The quantitative estimate of drug-likeness (QED) is 0.426. The molecule has 3 heterocycles. The van der Waals surface area contributed by atoms with Crippen molar-refractivity contribution in [2.45, 2.75) is 20.4 Å². The smallest absolute Gasteiger partial charge is 0.267 e. The van der Waals surface area contributed by atoms with Crippen LogP contribution in [0.5, 0.6) is 0 Å². The second-order valence-electron chi connectivity index (χ2n) is 7.52. The predicted octanol–water partition coefficient (Wildman–Crippen LogP) is 3.12. The Morgan fingerprint density at radius 1 is 1.12 bits per heavy atom. The minimum atomic E-state index is -0.303. The number of thiocarbonyl (C=S) groups is 1. The average molecular weight is 467 g/mol. The largest absolute Gasteiger partial charge is 0.395 e. The number of thioether (sulfide) groups is 1. The van der Waals surface area contributed by atoms with Crippen molar-refractivity contribution in [2.75, 3.05) is 18.5 Å². The summed E-state index contributed by atoms with van der Waals surface area (Å²) in [5, 5.41) is 12.2. The number of benzene rings is 1. The molecule has 3 aromatic rings. The van der Waals surface area contributed by atoms with Gasteiger partial charge in [0.25, 0.3) is 11.5 Å². The number of anilines is 1. The first kappa shape index (κ1) is 22.2. The highest BCUT2D eigenvalue weighted by Gasteiger charge is 2.32. The molecule has 2 N–H and O–H groups in total. The standard InChI is InChI=1S/C23H22N4O3S2/c1-14-3-6-16(7-4-14)13-27-22(30)18(32-23(27)31)11-17-20(24-9-10-28)25-19-8-5-15(2)12-26(19)21(17)29/h3-8,11-12,24,28H,9-10,13H2,1-2H3. The second kappa shape index (κ2) is 9.23. The van der Waals surface area contributed by atoms with Gasteiger partial charge in [0.15, 0.2) is 0 Å². The van der Waals surface area contributed by atoms with Gasteiger partial charge in [0.05, 0.1) is 23.6 Å². The number of carbonyl (C=O) groups excluding carboxylic acids is 1. The first-order chi connectivity index (χ1) is 15.4. The zero-order valence-electron chi connectivity index (χ0n) is 17.7. The number of hydrogen-bond donors (Lipinski definition) is 2. The Hall–Kier alpha value is -3.01. The molecule has 0 spiro atoms. The minimum absolute atomic E-state index is 0.118. The number of pyridine rings is 1. The lowest BCUT2D eigenvalue weighted by molar-refractivity contribution is -0.122. The monoisotopic (exact) mass is 466 g/mol. The fourth-order valence-electron chi connectivity index (χ4n) is 3.34. The third-order valence-electron chi connectivity index (χ3n) is 5.02. The zero-order chi connectivity index (χ0) is 22.8. The van der Waals surface area contributed by atoms with Crippen molar-refractivity contribution in [3.8, 4) is 0 Å².